The third-order valence-electron chi connectivity index (χ3n) is 3.83. The lowest BCUT2D eigenvalue weighted by Gasteiger charge is -2.15. The largest absolute Gasteiger partial charge is 0.497 e. The van der Waals surface area contributed by atoms with Crippen LogP contribution in [0.15, 0.2) is 41.3 Å². The maximum absolute atomic E-state index is 13.0. The summed E-state index contributed by atoms with van der Waals surface area (Å²) in [7, 11) is -4.59. The summed E-state index contributed by atoms with van der Waals surface area (Å²) in [5, 5.41) is 0. The van der Waals surface area contributed by atoms with Crippen molar-refractivity contribution in [2.45, 2.75) is 4.90 Å². The van der Waals surface area contributed by atoms with E-state index in [1.807, 2.05) is 0 Å². The number of hydrogen-bond donors (Lipinski definition) is 2. The van der Waals surface area contributed by atoms with Gasteiger partial charge in [0.2, 0.25) is 10.0 Å². The molecule has 0 radical (unpaired) electrons. The van der Waals surface area contributed by atoms with Gasteiger partial charge < -0.3 is 14.2 Å². The third-order valence-corrected chi connectivity index (χ3v) is 5.76. The molecule has 2 rings (SSSR count). The number of anilines is 2. The summed E-state index contributed by atoms with van der Waals surface area (Å²) < 4.78 is 67.9. The van der Waals surface area contributed by atoms with E-state index in [2.05, 4.69) is 18.9 Å². The van der Waals surface area contributed by atoms with Gasteiger partial charge in [-0.15, -0.1) is 0 Å². The highest BCUT2D eigenvalue weighted by atomic mass is 32.2. The highest BCUT2D eigenvalue weighted by Crippen LogP contribution is 2.30. The van der Waals surface area contributed by atoms with Gasteiger partial charge in [0.1, 0.15) is 5.75 Å². The summed E-state index contributed by atoms with van der Waals surface area (Å²) in [5.74, 6) is -1.50. The molecule has 0 saturated heterocycles. The van der Waals surface area contributed by atoms with Crippen molar-refractivity contribution in [3.05, 3.63) is 47.5 Å². The zero-order chi connectivity index (χ0) is 23.4. The zero-order valence-corrected chi connectivity index (χ0v) is 18.6. The molecule has 11 nitrogen and oxygen atoms in total. The van der Waals surface area contributed by atoms with Gasteiger partial charge in [0.25, 0.3) is 10.0 Å². The minimum absolute atomic E-state index is 0.0656. The highest BCUT2D eigenvalue weighted by molar-refractivity contribution is 7.93. The van der Waals surface area contributed by atoms with Crippen LogP contribution in [-0.2, 0) is 29.5 Å². The molecule has 0 aromatic heterocycles. The third kappa shape index (κ3) is 6.08. The minimum Gasteiger partial charge on any atom is -0.497 e. The number of methoxy groups -OCH3 is 3. The molecule has 31 heavy (non-hydrogen) atoms. The van der Waals surface area contributed by atoms with E-state index < -0.39 is 36.9 Å². The molecule has 0 aliphatic heterocycles. The van der Waals surface area contributed by atoms with Gasteiger partial charge in [-0.1, -0.05) is 0 Å². The molecule has 0 saturated carbocycles. The van der Waals surface area contributed by atoms with Gasteiger partial charge in [-0.25, -0.2) is 26.4 Å². The first kappa shape index (κ1) is 24.0. The lowest BCUT2D eigenvalue weighted by molar-refractivity contribution is 0.0598. The number of sulfonamides is 2. The summed E-state index contributed by atoms with van der Waals surface area (Å²) in [6, 6.07) is 7.13. The van der Waals surface area contributed by atoms with Crippen molar-refractivity contribution in [1.82, 2.24) is 0 Å². The number of nitrogens with one attached hydrogen (secondary N) is 2. The Bertz CT molecular complexity index is 1190. The molecule has 0 fully saturated rings. The second-order valence-electron chi connectivity index (χ2n) is 6.12. The molecule has 0 atom stereocenters. The molecule has 0 spiro atoms. The number of rotatable bonds is 8. The molecule has 2 N–H and O–H groups in total. The van der Waals surface area contributed by atoms with Crippen LogP contribution in [0.5, 0.6) is 5.75 Å². The second-order valence-corrected chi connectivity index (χ2v) is 9.55. The lowest BCUT2D eigenvalue weighted by atomic mass is 10.1. The van der Waals surface area contributed by atoms with E-state index in [9.17, 15) is 26.4 Å². The molecule has 0 aliphatic carbocycles. The van der Waals surface area contributed by atoms with E-state index in [1.165, 1.54) is 25.3 Å². The van der Waals surface area contributed by atoms with Crippen LogP contribution >= 0.6 is 0 Å². The fourth-order valence-electron chi connectivity index (χ4n) is 2.45. The van der Waals surface area contributed by atoms with Crippen LogP contribution in [0.3, 0.4) is 0 Å². The van der Waals surface area contributed by atoms with Crippen molar-refractivity contribution in [1.29, 1.82) is 0 Å². The van der Waals surface area contributed by atoms with E-state index in [1.54, 1.807) is 0 Å². The van der Waals surface area contributed by atoms with Crippen LogP contribution in [0.1, 0.15) is 20.7 Å². The van der Waals surface area contributed by atoms with E-state index in [4.69, 9.17) is 4.74 Å². The Balaban J connectivity index is 2.60. The van der Waals surface area contributed by atoms with Crippen LogP contribution in [0.2, 0.25) is 0 Å². The predicted octanol–water partition coefficient (Wildman–Crippen LogP) is 1.44. The Morgan fingerprint density at radius 2 is 1.32 bits per heavy atom. The van der Waals surface area contributed by atoms with Crippen LogP contribution < -0.4 is 14.2 Å². The number of carbonyl (C=O) groups excluding carboxylic acids is 2. The number of esters is 2. The summed E-state index contributed by atoms with van der Waals surface area (Å²) in [4.78, 5) is 23.4. The van der Waals surface area contributed by atoms with Crippen LogP contribution in [0.25, 0.3) is 0 Å². The summed E-state index contributed by atoms with van der Waals surface area (Å²) in [6.07, 6.45) is 0.901. The van der Waals surface area contributed by atoms with Crippen molar-refractivity contribution < 1.29 is 40.6 Å². The van der Waals surface area contributed by atoms with Gasteiger partial charge in [-0.05, 0) is 30.3 Å². The molecule has 2 aromatic carbocycles. The summed E-state index contributed by atoms with van der Waals surface area (Å²) >= 11 is 0. The van der Waals surface area contributed by atoms with E-state index >= 15 is 0 Å². The zero-order valence-electron chi connectivity index (χ0n) is 17.0. The van der Waals surface area contributed by atoms with Crippen LogP contribution in [-0.4, -0.2) is 56.4 Å². The van der Waals surface area contributed by atoms with Gasteiger partial charge in [-0.2, -0.15) is 0 Å². The Morgan fingerprint density at radius 3 is 1.77 bits per heavy atom. The highest BCUT2D eigenvalue weighted by Gasteiger charge is 2.23. The lowest BCUT2D eigenvalue weighted by Crippen LogP contribution is -2.18. The smallest absolute Gasteiger partial charge is 0.337 e. The van der Waals surface area contributed by atoms with Crippen molar-refractivity contribution in [2.75, 3.05) is 37.0 Å². The average molecular weight is 472 g/mol. The van der Waals surface area contributed by atoms with Gasteiger partial charge in [-0.3, -0.25) is 9.44 Å². The fourth-order valence-corrected chi connectivity index (χ4v) is 4.17. The van der Waals surface area contributed by atoms with Crippen molar-refractivity contribution in [2.24, 2.45) is 0 Å². The van der Waals surface area contributed by atoms with Gasteiger partial charge in [0.05, 0.1) is 55.0 Å². The maximum Gasteiger partial charge on any atom is 0.337 e. The molecule has 0 aliphatic rings. The molecule has 0 bridgehead atoms. The number of ether oxygens (including phenoxy) is 3. The Morgan fingerprint density at radius 1 is 0.774 bits per heavy atom. The molecule has 13 heteroatoms. The van der Waals surface area contributed by atoms with Crippen molar-refractivity contribution >= 4 is 43.4 Å². The van der Waals surface area contributed by atoms with Crippen molar-refractivity contribution in [3.8, 4) is 5.75 Å². The van der Waals surface area contributed by atoms with E-state index in [0.717, 1.165) is 38.7 Å². The Kier molecular flexibility index (Phi) is 7.13. The normalized spacial score (nSPS) is 11.4. The quantitative estimate of drug-likeness (QED) is 0.543. The Labute approximate surface area is 179 Å². The molecule has 0 amide bonds. The minimum atomic E-state index is -4.40. The summed E-state index contributed by atoms with van der Waals surface area (Å²) in [6.45, 7) is 0. The average Bonchev–Trinajstić information content (AvgIpc) is 2.72. The standard InChI is InChI=1S/C18H20N2O9S2/c1-27-13-5-6-15(19-30(4,23)24)16(10-13)20-31(25,26)14-8-11(17(21)28-2)7-12(9-14)18(22)29-3/h5-10,19-20H,1-4H3. The topological polar surface area (TPSA) is 154 Å². The fraction of sp³-hybridized carbons (Fsp3) is 0.222. The summed E-state index contributed by atoms with van der Waals surface area (Å²) in [5.41, 5.74) is -0.617. The van der Waals surface area contributed by atoms with Crippen LogP contribution in [0, 0.1) is 0 Å². The first-order valence-electron chi connectivity index (χ1n) is 8.40. The molecular formula is C18H20N2O9S2. The maximum atomic E-state index is 13.0. The van der Waals surface area contributed by atoms with Gasteiger partial charge in [0, 0.05) is 6.07 Å². The number of carbonyl (C=O) groups is 2. The van der Waals surface area contributed by atoms with Crippen LogP contribution in [0.4, 0.5) is 11.4 Å². The first-order chi connectivity index (χ1) is 14.4. The number of benzene rings is 2. The molecule has 168 valence electrons. The van der Waals surface area contributed by atoms with E-state index in [-0.39, 0.29) is 28.3 Å². The first-order valence-corrected chi connectivity index (χ1v) is 11.8. The molecule has 0 heterocycles. The number of hydrogen-bond acceptors (Lipinski definition) is 9. The molecule has 2 aromatic rings. The van der Waals surface area contributed by atoms with E-state index in [0.29, 0.717) is 0 Å². The Hall–Kier alpha value is -3.32. The SMILES string of the molecule is COC(=O)c1cc(C(=O)OC)cc(S(=O)(=O)Nc2cc(OC)ccc2NS(C)(=O)=O)c1. The van der Waals surface area contributed by atoms with Crippen molar-refractivity contribution in [3.63, 3.8) is 0 Å². The molecule has 0 unspecified atom stereocenters. The van der Waals surface area contributed by atoms with Gasteiger partial charge >= 0.3 is 11.9 Å². The monoisotopic (exact) mass is 472 g/mol. The van der Waals surface area contributed by atoms with Gasteiger partial charge in [0.15, 0.2) is 0 Å². The second kappa shape index (κ2) is 9.22. The predicted molar refractivity (Wildman–Crippen MR) is 111 cm³/mol. The molecular weight excluding hydrogens is 452 g/mol.